The highest BCUT2D eigenvalue weighted by atomic mass is 16.3. The van der Waals surface area contributed by atoms with Gasteiger partial charge in [0.25, 0.3) is 0 Å². The van der Waals surface area contributed by atoms with Gasteiger partial charge in [-0.05, 0) is 25.3 Å². The molecule has 0 fully saturated rings. The van der Waals surface area contributed by atoms with Crippen molar-refractivity contribution in [2.24, 2.45) is 0 Å². The van der Waals surface area contributed by atoms with Crippen molar-refractivity contribution in [3.05, 3.63) is 11.6 Å². The molecule has 0 aromatic rings. The monoisotopic (exact) mass is 141 g/mol. The standard InChI is InChI=1S/C9H17O/c1-3-4-5-6-7-9(2)8-10/h7H,3-6,8H2,1-2H3. The van der Waals surface area contributed by atoms with Gasteiger partial charge in [0.15, 0.2) is 0 Å². The lowest BCUT2D eigenvalue weighted by molar-refractivity contribution is 0.223. The molecule has 0 heterocycles. The highest BCUT2D eigenvalue weighted by Gasteiger charge is 1.86. The molecule has 10 heavy (non-hydrogen) atoms. The van der Waals surface area contributed by atoms with E-state index in [0.717, 1.165) is 12.0 Å². The number of rotatable bonds is 5. The van der Waals surface area contributed by atoms with Crippen molar-refractivity contribution in [2.45, 2.75) is 39.5 Å². The molecule has 1 nitrogen and oxygen atoms in total. The van der Waals surface area contributed by atoms with Gasteiger partial charge in [-0.3, -0.25) is 0 Å². The first-order valence-corrected chi connectivity index (χ1v) is 4.05. The van der Waals surface area contributed by atoms with Gasteiger partial charge in [0.05, 0.1) is 0 Å². The number of unbranched alkanes of at least 4 members (excludes halogenated alkanes) is 3. The van der Waals surface area contributed by atoms with E-state index in [-0.39, 0.29) is 6.61 Å². The first-order chi connectivity index (χ1) is 4.81. The van der Waals surface area contributed by atoms with Gasteiger partial charge in [0.2, 0.25) is 0 Å². The maximum Gasteiger partial charge on any atom is 0.103 e. The molecule has 0 saturated heterocycles. The maximum atomic E-state index is 10.2. The quantitative estimate of drug-likeness (QED) is 0.414. The van der Waals surface area contributed by atoms with Crippen LogP contribution in [0.5, 0.6) is 0 Å². The molecule has 0 saturated carbocycles. The molecule has 59 valence electrons. The molecule has 0 atom stereocenters. The van der Waals surface area contributed by atoms with Crippen molar-refractivity contribution >= 4 is 0 Å². The Labute approximate surface area is 63.8 Å². The van der Waals surface area contributed by atoms with Gasteiger partial charge >= 0.3 is 0 Å². The van der Waals surface area contributed by atoms with Crippen LogP contribution in [0.25, 0.3) is 0 Å². The van der Waals surface area contributed by atoms with Crippen molar-refractivity contribution in [3.63, 3.8) is 0 Å². The Morgan fingerprint density at radius 3 is 2.60 bits per heavy atom. The molecule has 0 N–H and O–H groups in total. The Kier molecular flexibility index (Phi) is 6.61. The fraction of sp³-hybridized carbons (Fsp3) is 0.778. The molecule has 0 aromatic heterocycles. The summed E-state index contributed by atoms with van der Waals surface area (Å²) in [5, 5.41) is 10.2. The fourth-order valence-electron chi connectivity index (χ4n) is 0.802. The molecular weight excluding hydrogens is 124 g/mol. The SMILES string of the molecule is CCCCCC=C(C)C[O]. The Balaban J connectivity index is 3.16. The minimum Gasteiger partial charge on any atom is -0.232 e. The molecule has 1 heteroatoms. The zero-order valence-electron chi connectivity index (χ0n) is 7.02. The summed E-state index contributed by atoms with van der Waals surface area (Å²) >= 11 is 0. The first-order valence-electron chi connectivity index (χ1n) is 4.05. The van der Waals surface area contributed by atoms with Gasteiger partial charge in [-0.15, -0.1) is 0 Å². The Bertz CT molecular complexity index is 94.9. The summed E-state index contributed by atoms with van der Waals surface area (Å²) in [6.45, 7) is 4.05. The Morgan fingerprint density at radius 2 is 2.10 bits per heavy atom. The van der Waals surface area contributed by atoms with E-state index in [1.54, 1.807) is 0 Å². The molecule has 0 aliphatic rings. The van der Waals surface area contributed by atoms with Crippen LogP contribution in [-0.2, 0) is 5.11 Å². The van der Waals surface area contributed by atoms with Crippen LogP contribution in [0.15, 0.2) is 11.6 Å². The smallest absolute Gasteiger partial charge is 0.103 e. The van der Waals surface area contributed by atoms with Gasteiger partial charge in [0, 0.05) is 0 Å². The van der Waals surface area contributed by atoms with Crippen LogP contribution in [0.4, 0.5) is 0 Å². The summed E-state index contributed by atoms with van der Waals surface area (Å²) in [5.74, 6) is 0. The molecule has 0 bridgehead atoms. The average molecular weight is 141 g/mol. The van der Waals surface area contributed by atoms with Gasteiger partial charge in [0.1, 0.15) is 6.61 Å². The highest BCUT2D eigenvalue weighted by molar-refractivity contribution is 4.96. The molecule has 0 aliphatic heterocycles. The maximum absolute atomic E-state index is 10.2. The van der Waals surface area contributed by atoms with Crippen LogP contribution in [-0.4, -0.2) is 6.61 Å². The topological polar surface area (TPSA) is 19.9 Å². The molecule has 0 aliphatic carbocycles. The summed E-state index contributed by atoms with van der Waals surface area (Å²) in [7, 11) is 0. The van der Waals surface area contributed by atoms with Crippen molar-refractivity contribution in [1.82, 2.24) is 0 Å². The summed E-state index contributed by atoms with van der Waals surface area (Å²) < 4.78 is 0. The Morgan fingerprint density at radius 1 is 1.40 bits per heavy atom. The average Bonchev–Trinajstić information content (AvgIpc) is 1.98. The predicted molar refractivity (Wildman–Crippen MR) is 43.5 cm³/mol. The second-order valence-corrected chi connectivity index (χ2v) is 2.69. The van der Waals surface area contributed by atoms with E-state index in [1.165, 1.54) is 19.3 Å². The second-order valence-electron chi connectivity index (χ2n) is 2.69. The van der Waals surface area contributed by atoms with E-state index in [4.69, 9.17) is 0 Å². The lowest BCUT2D eigenvalue weighted by Gasteiger charge is -1.93. The van der Waals surface area contributed by atoms with Crippen LogP contribution in [0.2, 0.25) is 0 Å². The Hall–Kier alpha value is -0.300. The summed E-state index contributed by atoms with van der Waals surface area (Å²) in [4.78, 5) is 0. The predicted octanol–water partition coefficient (Wildman–Crippen LogP) is 2.94. The van der Waals surface area contributed by atoms with Crippen LogP contribution in [0.1, 0.15) is 39.5 Å². The molecule has 0 unspecified atom stereocenters. The fourth-order valence-corrected chi connectivity index (χ4v) is 0.802. The molecule has 0 rings (SSSR count). The van der Waals surface area contributed by atoms with Crippen LogP contribution < -0.4 is 0 Å². The minimum atomic E-state index is -0.0356. The molecule has 0 amide bonds. The lowest BCUT2D eigenvalue weighted by atomic mass is 10.1. The number of allylic oxidation sites excluding steroid dienone is 1. The van der Waals surface area contributed by atoms with Crippen molar-refractivity contribution < 1.29 is 5.11 Å². The van der Waals surface area contributed by atoms with Crippen molar-refractivity contribution in [3.8, 4) is 0 Å². The number of hydrogen-bond donors (Lipinski definition) is 0. The second kappa shape index (κ2) is 6.81. The van der Waals surface area contributed by atoms with Gasteiger partial charge in [-0.2, -0.15) is 0 Å². The summed E-state index contributed by atoms with van der Waals surface area (Å²) in [6.07, 6.45) is 6.91. The van der Waals surface area contributed by atoms with Gasteiger partial charge in [-0.25, -0.2) is 5.11 Å². The minimum absolute atomic E-state index is 0.0356. The van der Waals surface area contributed by atoms with E-state index in [2.05, 4.69) is 13.0 Å². The highest BCUT2D eigenvalue weighted by Crippen LogP contribution is 2.02. The lowest BCUT2D eigenvalue weighted by Crippen LogP contribution is -1.81. The summed E-state index contributed by atoms with van der Waals surface area (Å²) in [5.41, 5.74) is 0.983. The molecule has 1 radical (unpaired) electrons. The molecular formula is C9H17O. The van der Waals surface area contributed by atoms with E-state index < -0.39 is 0 Å². The van der Waals surface area contributed by atoms with E-state index in [1.807, 2.05) is 6.92 Å². The zero-order chi connectivity index (χ0) is 7.82. The van der Waals surface area contributed by atoms with Crippen molar-refractivity contribution in [1.29, 1.82) is 0 Å². The first kappa shape index (κ1) is 9.70. The van der Waals surface area contributed by atoms with Crippen molar-refractivity contribution in [2.75, 3.05) is 6.61 Å². The van der Waals surface area contributed by atoms with Crippen LogP contribution in [0.3, 0.4) is 0 Å². The third-order valence-corrected chi connectivity index (χ3v) is 1.53. The van der Waals surface area contributed by atoms with Gasteiger partial charge < -0.3 is 0 Å². The van der Waals surface area contributed by atoms with Crippen LogP contribution in [0, 0.1) is 0 Å². The van der Waals surface area contributed by atoms with Gasteiger partial charge in [-0.1, -0.05) is 25.8 Å². The molecule has 0 spiro atoms. The third-order valence-electron chi connectivity index (χ3n) is 1.53. The summed E-state index contributed by atoms with van der Waals surface area (Å²) in [6, 6.07) is 0. The van der Waals surface area contributed by atoms with Crippen LogP contribution >= 0.6 is 0 Å². The third kappa shape index (κ3) is 5.83. The van der Waals surface area contributed by atoms with E-state index in [9.17, 15) is 5.11 Å². The van der Waals surface area contributed by atoms with E-state index >= 15 is 0 Å². The molecule has 0 aromatic carbocycles. The number of hydrogen-bond acceptors (Lipinski definition) is 0. The zero-order valence-corrected chi connectivity index (χ0v) is 7.02. The normalized spacial score (nSPS) is 12.1. The largest absolute Gasteiger partial charge is 0.232 e. The van der Waals surface area contributed by atoms with E-state index in [0.29, 0.717) is 0 Å².